The number of cyclic esters (lactones) is 1. The third-order valence-electron chi connectivity index (χ3n) is 1.19. The predicted molar refractivity (Wildman–Crippen MR) is 30.5 cm³/mol. The Morgan fingerprint density at radius 3 is 2.90 bits per heavy atom. The van der Waals surface area contributed by atoms with Crippen molar-refractivity contribution in [2.24, 2.45) is 0 Å². The van der Waals surface area contributed by atoms with Crippen molar-refractivity contribution in [2.45, 2.75) is 12.5 Å². The summed E-state index contributed by atoms with van der Waals surface area (Å²) >= 11 is 0. The van der Waals surface area contributed by atoms with Crippen LogP contribution in [-0.2, 0) is 9.53 Å². The molecular weight excluding hydrogens is 138 g/mol. The van der Waals surface area contributed by atoms with E-state index < -0.39 is 6.09 Å². The van der Waals surface area contributed by atoms with Crippen LogP contribution in [-0.4, -0.2) is 29.8 Å². The fraction of sp³-hybridized carbons (Fsp3) is 0.600. The lowest BCUT2D eigenvalue weighted by Crippen LogP contribution is -2.33. The van der Waals surface area contributed by atoms with Gasteiger partial charge in [0.1, 0.15) is 6.61 Å². The van der Waals surface area contributed by atoms with Crippen LogP contribution in [0.3, 0.4) is 0 Å². The topological polar surface area (TPSA) is 75.6 Å². The van der Waals surface area contributed by atoms with Crippen LogP contribution >= 0.6 is 0 Å². The molecule has 0 aromatic carbocycles. The molecule has 1 aliphatic heterocycles. The van der Waals surface area contributed by atoms with E-state index in [4.69, 9.17) is 5.11 Å². The van der Waals surface area contributed by atoms with E-state index >= 15 is 0 Å². The van der Waals surface area contributed by atoms with Gasteiger partial charge in [-0.2, -0.15) is 0 Å². The van der Waals surface area contributed by atoms with Gasteiger partial charge in [0.25, 0.3) is 0 Å². The van der Waals surface area contributed by atoms with Crippen molar-refractivity contribution in [3.63, 3.8) is 0 Å². The van der Waals surface area contributed by atoms with Gasteiger partial charge in [-0.3, -0.25) is 4.79 Å². The quantitative estimate of drug-likeness (QED) is 0.491. The van der Waals surface area contributed by atoms with Crippen molar-refractivity contribution in [3.8, 4) is 0 Å². The minimum atomic E-state index is -1.12. The Morgan fingerprint density at radius 2 is 2.50 bits per heavy atom. The lowest BCUT2D eigenvalue weighted by atomic mass is 10.3. The number of ether oxygens (including phenoxy) is 1. The average Bonchev–Trinajstić information content (AvgIpc) is 2.13. The number of carbonyl (C=O) groups is 2. The maximum Gasteiger partial charge on any atom is 0.405 e. The molecular formula is C5H7NO4. The van der Waals surface area contributed by atoms with Gasteiger partial charge in [-0.25, -0.2) is 4.79 Å². The molecule has 0 radical (unpaired) electrons. The highest BCUT2D eigenvalue weighted by Crippen LogP contribution is 2.04. The Balaban J connectivity index is 2.31. The lowest BCUT2D eigenvalue weighted by Gasteiger charge is -2.02. The molecule has 1 atom stereocenters. The molecule has 56 valence electrons. The number of nitrogens with one attached hydrogen (secondary N) is 1. The maximum atomic E-state index is 10.4. The highest BCUT2D eigenvalue weighted by molar-refractivity contribution is 5.74. The second-order valence-corrected chi connectivity index (χ2v) is 2.03. The number of rotatable bonds is 1. The van der Waals surface area contributed by atoms with Crippen molar-refractivity contribution >= 4 is 12.1 Å². The van der Waals surface area contributed by atoms with Crippen molar-refractivity contribution in [1.82, 2.24) is 5.32 Å². The second-order valence-electron chi connectivity index (χ2n) is 2.03. The third-order valence-corrected chi connectivity index (χ3v) is 1.19. The van der Waals surface area contributed by atoms with Crippen molar-refractivity contribution in [3.05, 3.63) is 0 Å². The molecule has 0 aliphatic carbocycles. The molecule has 1 rings (SSSR count). The number of carboxylic acid groups (broad SMARTS) is 1. The van der Waals surface area contributed by atoms with E-state index in [2.05, 4.69) is 10.1 Å². The number of hydrogen-bond donors (Lipinski definition) is 2. The number of amides is 1. The number of carbonyl (C=O) groups excluding carboxylic acids is 1. The lowest BCUT2D eigenvalue weighted by molar-refractivity contribution is -0.137. The third kappa shape index (κ3) is 1.61. The summed E-state index contributed by atoms with van der Waals surface area (Å²) in [4.78, 5) is 20.4. The molecule has 1 unspecified atom stereocenters. The zero-order chi connectivity index (χ0) is 7.56. The molecule has 10 heavy (non-hydrogen) atoms. The summed E-state index contributed by atoms with van der Waals surface area (Å²) in [5.41, 5.74) is 0. The molecule has 5 nitrogen and oxygen atoms in total. The Hall–Kier alpha value is -1.26. The molecule has 2 N–H and O–H groups in total. The van der Waals surface area contributed by atoms with Crippen molar-refractivity contribution < 1.29 is 19.4 Å². The molecule has 1 fully saturated rings. The summed E-state index contributed by atoms with van der Waals surface area (Å²) < 4.78 is 4.50. The average molecular weight is 145 g/mol. The van der Waals surface area contributed by atoms with Gasteiger partial charge in [0.2, 0.25) is 0 Å². The minimum absolute atomic E-state index is 0.145. The van der Waals surface area contributed by atoms with E-state index in [0.717, 1.165) is 0 Å². The fourth-order valence-electron chi connectivity index (χ4n) is 0.780. The van der Waals surface area contributed by atoms with Crippen molar-refractivity contribution in [1.29, 1.82) is 0 Å². The van der Waals surface area contributed by atoms with E-state index in [-0.39, 0.29) is 25.0 Å². The Kier molecular flexibility index (Phi) is 1.75. The monoisotopic (exact) mass is 145 g/mol. The normalized spacial score (nSPS) is 24.0. The Labute approximate surface area is 57.0 Å². The van der Waals surface area contributed by atoms with Crippen LogP contribution in [0.4, 0.5) is 4.79 Å². The van der Waals surface area contributed by atoms with E-state index in [1.165, 1.54) is 0 Å². The first-order chi connectivity index (χ1) is 4.68. The van der Waals surface area contributed by atoms with Gasteiger partial charge in [0, 0.05) is 0 Å². The first kappa shape index (κ1) is 6.85. The van der Waals surface area contributed by atoms with Gasteiger partial charge in [-0.1, -0.05) is 0 Å². The van der Waals surface area contributed by atoms with Crippen LogP contribution < -0.4 is 5.32 Å². The van der Waals surface area contributed by atoms with Crippen LogP contribution in [0.25, 0.3) is 0 Å². The molecule has 0 aromatic heterocycles. The van der Waals surface area contributed by atoms with Crippen LogP contribution in [0.2, 0.25) is 0 Å². The summed E-state index contributed by atoms with van der Waals surface area (Å²) in [6.45, 7) is 0.158. The fourth-order valence-corrected chi connectivity index (χ4v) is 0.780. The van der Waals surface area contributed by atoms with Gasteiger partial charge >= 0.3 is 12.1 Å². The van der Waals surface area contributed by atoms with E-state index in [1.807, 2.05) is 0 Å². The summed E-state index contributed by atoms with van der Waals surface area (Å²) in [5.74, 6) is -0.348. The van der Waals surface area contributed by atoms with Gasteiger partial charge in [-0.05, 0) is 0 Å². The molecule has 0 spiro atoms. The predicted octanol–water partition coefficient (Wildman–Crippen LogP) is -0.431. The van der Waals surface area contributed by atoms with Gasteiger partial charge in [0.15, 0.2) is 0 Å². The molecule has 5 heteroatoms. The molecule has 1 amide bonds. The van der Waals surface area contributed by atoms with Crippen molar-refractivity contribution in [2.75, 3.05) is 6.61 Å². The number of esters is 1. The highest BCUT2D eigenvalue weighted by Gasteiger charge is 2.24. The zero-order valence-electron chi connectivity index (χ0n) is 5.16. The first-order valence-corrected chi connectivity index (χ1v) is 2.83. The molecule has 0 saturated carbocycles. The molecule has 0 bridgehead atoms. The summed E-state index contributed by atoms with van der Waals surface area (Å²) in [5, 5.41) is 10.3. The van der Waals surface area contributed by atoms with Crippen LogP contribution in [0.1, 0.15) is 6.42 Å². The summed E-state index contributed by atoms with van der Waals surface area (Å²) in [7, 11) is 0. The van der Waals surface area contributed by atoms with E-state index in [1.54, 1.807) is 0 Å². The summed E-state index contributed by atoms with van der Waals surface area (Å²) in [6, 6.07) is -0.356. The van der Waals surface area contributed by atoms with E-state index in [9.17, 15) is 9.59 Å². The van der Waals surface area contributed by atoms with E-state index in [0.29, 0.717) is 0 Å². The molecule has 1 saturated heterocycles. The highest BCUT2D eigenvalue weighted by atomic mass is 16.5. The smallest absolute Gasteiger partial charge is 0.405 e. The molecule has 0 aromatic rings. The SMILES string of the molecule is O=C(O)NC1COC(=O)C1. The minimum Gasteiger partial charge on any atom is -0.465 e. The van der Waals surface area contributed by atoms with Crippen LogP contribution in [0.15, 0.2) is 0 Å². The Morgan fingerprint density at radius 1 is 1.80 bits per heavy atom. The first-order valence-electron chi connectivity index (χ1n) is 2.83. The van der Waals surface area contributed by atoms with Crippen LogP contribution in [0.5, 0.6) is 0 Å². The molecule has 1 aliphatic rings. The van der Waals surface area contributed by atoms with Crippen LogP contribution in [0, 0.1) is 0 Å². The second kappa shape index (κ2) is 2.55. The van der Waals surface area contributed by atoms with Gasteiger partial charge < -0.3 is 15.2 Å². The number of hydrogen-bond acceptors (Lipinski definition) is 3. The Bertz CT molecular complexity index is 167. The largest absolute Gasteiger partial charge is 0.465 e. The standard InChI is InChI=1S/C5H7NO4/c7-4-1-3(2-10-4)6-5(8)9/h3,6H,1-2H2,(H,8,9). The van der Waals surface area contributed by atoms with Gasteiger partial charge in [0.05, 0.1) is 12.5 Å². The summed E-state index contributed by atoms with van der Waals surface area (Å²) in [6.07, 6.45) is -0.977. The molecule has 1 heterocycles. The maximum absolute atomic E-state index is 10.4. The zero-order valence-corrected chi connectivity index (χ0v) is 5.16. The van der Waals surface area contributed by atoms with Gasteiger partial charge in [-0.15, -0.1) is 0 Å².